The summed E-state index contributed by atoms with van der Waals surface area (Å²) in [6.07, 6.45) is 3.85. The van der Waals surface area contributed by atoms with E-state index in [4.69, 9.17) is 5.11 Å². The zero-order valence-electron chi connectivity index (χ0n) is 12.7. The number of carbonyl (C=O) groups excluding carboxylic acids is 1. The van der Waals surface area contributed by atoms with E-state index in [-0.39, 0.29) is 17.9 Å². The van der Waals surface area contributed by atoms with Crippen LogP contribution in [0.3, 0.4) is 0 Å². The first-order chi connectivity index (χ1) is 8.98. The molecule has 1 amide bonds. The lowest BCUT2D eigenvalue weighted by Crippen LogP contribution is -2.49. The Kier molecular flexibility index (Phi) is 6.80. The quantitative estimate of drug-likeness (QED) is 0.657. The Balaban J connectivity index is 2.41. The molecule has 112 valence electrons. The molecule has 1 rings (SSSR count). The molecule has 0 aromatic rings. The van der Waals surface area contributed by atoms with Crippen molar-refractivity contribution in [2.24, 2.45) is 17.3 Å². The predicted octanol–water partition coefficient (Wildman–Crippen LogP) is 1.54. The van der Waals surface area contributed by atoms with Crippen molar-refractivity contribution in [3.05, 3.63) is 0 Å². The number of piperidine rings is 1. The zero-order valence-corrected chi connectivity index (χ0v) is 12.7. The first-order valence-corrected chi connectivity index (χ1v) is 7.58. The molecule has 0 saturated carbocycles. The average Bonchev–Trinajstić information content (AvgIpc) is 2.36. The number of nitrogens with one attached hydrogen (secondary N) is 2. The van der Waals surface area contributed by atoms with Crippen LogP contribution < -0.4 is 10.6 Å². The lowest BCUT2D eigenvalue weighted by atomic mass is 9.81. The molecule has 0 radical (unpaired) electrons. The molecule has 0 aromatic heterocycles. The summed E-state index contributed by atoms with van der Waals surface area (Å²) in [5.41, 5.74) is -0.264. The van der Waals surface area contributed by atoms with E-state index in [1.54, 1.807) is 0 Å². The third-order valence-corrected chi connectivity index (χ3v) is 4.04. The van der Waals surface area contributed by atoms with Crippen molar-refractivity contribution in [2.45, 2.75) is 46.5 Å². The largest absolute Gasteiger partial charge is 0.396 e. The number of amides is 1. The maximum atomic E-state index is 12.3. The van der Waals surface area contributed by atoms with Crippen LogP contribution in [-0.4, -0.2) is 37.3 Å². The first-order valence-electron chi connectivity index (χ1n) is 7.58. The van der Waals surface area contributed by atoms with Crippen LogP contribution in [0, 0.1) is 17.3 Å². The van der Waals surface area contributed by atoms with Crippen molar-refractivity contribution in [2.75, 3.05) is 26.2 Å². The Morgan fingerprint density at radius 2 is 2.21 bits per heavy atom. The van der Waals surface area contributed by atoms with Gasteiger partial charge in [0.2, 0.25) is 5.91 Å². The van der Waals surface area contributed by atoms with Gasteiger partial charge in [0.15, 0.2) is 0 Å². The predicted molar refractivity (Wildman–Crippen MR) is 77.9 cm³/mol. The van der Waals surface area contributed by atoms with Crippen LogP contribution in [0.15, 0.2) is 0 Å². The van der Waals surface area contributed by atoms with Crippen molar-refractivity contribution in [3.63, 3.8) is 0 Å². The van der Waals surface area contributed by atoms with E-state index in [1.807, 2.05) is 6.92 Å². The van der Waals surface area contributed by atoms with Crippen LogP contribution in [-0.2, 0) is 4.79 Å². The fourth-order valence-corrected chi connectivity index (χ4v) is 2.85. The van der Waals surface area contributed by atoms with Gasteiger partial charge in [-0.25, -0.2) is 0 Å². The molecule has 4 nitrogen and oxygen atoms in total. The van der Waals surface area contributed by atoms with Crippen LogP contribution >= 0.6 is 0 Å². The minimum Gasteiger partial charge on any atom is -0.396 e. The molecular formula is C15H30N2O2. The average molecular weight is 270 g/mol. The van der Waals surface area contributed by atoms with E-state index in [9.17, 15) is 4.79 Å². The van der Waals surface area contributed by atoms with Gasteiger partial charge in [-0.05, 0) is 51.0 Å². The Bertz CT molecular complexity index is 273. The molecule has 1 aliphatic heterocycles. The van der Waals surface area contributed by atoms with Crippen molar-refractivity contribution in [1.29, 1.82) is 0 Å². The Labute approximate surface area is 117 Å². The van der Waals surface area contributed by atoms with Gasteiger partial charge in [0.05, 0.1) is 5.41 Å². The molecule has 0 bridgehead atoms. The molecule has 0 aliphatic carbocycles. The highest BCUT2D eigenvalue weighted by Crippen LogP contribution is 2.25. The second kappa shape index (κ2) is 7.85. The molecule has 0 aromatic carbocycles. The van der Waals surface area contributed by atoms with Crippen molar-refractivity contribution in [3.8, 4) is 0 Å². The molecule has 3 N–H and O–H groups in total. The summed E-state index contributed by atoms with van der Waals surface area (Å²) in [4.78, 5) is 12.3. The summed E-state index contributed by atoms with van der Waals surface area (Å²) in [6.45, 7) is 9.07. The Hall–Kier alpha value is -0.610. The molecule has 1 fully saturated rings. The van der Waals surface area contributed by atoms with E-state index in [1.165, 1.54) is 0 Å². The van der Waals surface area contributed by atoms with Gasteiger partial charge >= 0.3 is 0 Å². The highest BCUT2D eigenvalue weighted by molar-refractivity contribution is 5.82. The molecular weight excluding hydrogens is 240 g/mol. The number of carbonyl (C=O) groups is 1. The fourth-order valence-electron chi connectivity index (χ4n) is 2.85. The van der Waals surface area contributed by atoms with Crippen LogP contribution in [0.2, 0.25) is 0 Å². The van der Waals surface area contributed by atoms with Crippen molar-refractivity contribution in [1.82, 2.24) is 10.6 Å². The highest BCUT2D eigenvalue weighted by Gasteiger charge is 2.34. The third kappa shape index (κ3) is 5.49. The molecule has 4 heteroatoms. The van der Waals surface area contributed by atoms with Gasteiger partial charge in [-0.1, -0.05) is 13.8 Å². The smallest absolute Gasteiger partial charge is 0.227 e. The summed E-state index contributed by atoms with van der Waals surface area (Å²) < 4.78 is 0. The number of aliphatic hydroxyl groups is 1. The summed E-state index contributed by atoms with van der Waals surface area (Å²) >= 11 is 0. The molecule has 1 aliphatic rings. The molecule has 2 unspecified atom stereocenters. The van der Waals surface area contributed by atoms with E-state index < -0.39 is 0 Å². The lowest BCUT2D eigenvalue weighted by Gasteiger charge is -2.33. The van der Waals surface area contributed by atoms with Crippen molar-refractivity contribution >= 4 is 5.91 Å². The standard InChI is InChI=1S/C15H30N2O2/c1-12(2)9-13(5-8-18)10-17-14(19)15(3)6-4-7-16-11-15/h12-13,16,18H,4-11H2,1-3H3,(H,17,19). The number of hydrogen-bond acceptors (Lipinski definition) is 3. The second-order valence-corrected chi connectivity index (χ2v) is 6.56. The zero-order chi connectivity index (χ0) is 14.3. The third-order valence-electron chi connectivity index (χ3n) is 4.04. The monoisotopic (exact) mass is 270 g/mol. The van der Waals surface area contributed by atoms with Crippen LogP contribution in [0.5, 0.6) is 0 Å². The minimum absolute atomic E-state index is 0.159. The van der Waals surface area contributed by atoms with Gasteiger partial charge < -0.3 is 15.7 Å². The number of hydrogen-bond donors (Lipinski definition) is 3. The fraction of sp³-hybridized carbons (Fsp3) is 0.933. The van der Waals surface area contributed by atoms with Gasteiger partial charge in [-0.2, -0.15) is 0 Å². The van der Waals surface area contributed by atoms with Gasteiger partial charge in [0.1, 0.15) is 0 Å². The van der Waals surface area contributed by atoms with Gasteiger partial charge in [-0.15, -0.1) is 0 Å². The molecule has 0 spiro atoms. The summed E-state index contributed by atoms with van der Waals surface area (Å²) in [5, 5.41) is 15.5. The van der Waals surface area contributed by atoms with Gasteiger partial charge in [-0.3, -0.25) is 4.79 Å². The highest BCUT2D eigenvalue weighted by atomic mass is 16.3. The van der Waals surface area contributed by atoms with Crippen LogP contribution in [0.4, 0.5) is 0 Å². The van der Waals surface area contributed by atoms with E-state index in [2.05, 4.69) is 24.5 Å². The SMILES string of the molecule is CC(C)CC(CCO)CNC(=O)C1(C)CCCNC1. The molecule has 2 atom stereocenters. The second-order valence-electron chi connectivity index (χ2n) is 6.56. The lowest BCUT2D eigenvalue weighted by molar-refractivity contribution is -0.131. The summed E-state index contributed by atoms with van der Waals surface area (Å²) in [5.74, 6) is 1.14. The normalized spacial score (nSPS) is 25.3. The van der Waals surface area contributed by atoms with Gasteiger partial charge in [0, 0.05) is 19.7 Å². The first kappa shape index (κ1) is 16.4. The molecule has 19 heavy (non-hydrogen) atoms. The Morgan fingerprint density at radius 1 is 1.47 bits per heavy atom. The maximum Gasteiger partial charge on any atom is 0.227 e. The summed E-state index contributed by atoms with van der Waals surface area (Å²) in [6, 6.07) is 0. The topological polar surface area (TPSA) is 61.4 Å². The minimum atomic E-state index is -0.264. The summed E-state index contributed by atoms with van der Waals surface area (Å²) in [7, 11) is 0. The molecule has 1 heterocycles. The number of rotatable bonds is 7. The maximum absolute atomic E-state index is 12.3. The van der Waals surface area contributed by atoms with Crippen molar-refractivity contribution < 1.29 is 9.90 Å². The van der Waals surface area contributed by atoms with Crippen LogP contribution in [0.25, 0.3) is 0 Å². The van der Waals surface area contributed by atoms with E-state index in [0.29, 0.717) is 18.4 Å². The Morgan fingerprint density at radius 3 is 2.74 bits per heavy atom. The van der Waals surface area contributed by atoms with E-state index >= 15 is 0 Å². The van der Waals surface area contributed by atoms with Gasteiger partial charge in [0.25, 0.3) is 0 Å². The number of aliphatic hydroxyl groups excluding tert-OH is 1. The van der Waals surface area contributed by atoms with Crippen LogP contribution in [0.1, 0.15) is 46.5 Å². The molecule has 1 saturated heterocycles. The van der Waals surface area contributed by atoms with E-state index in [0.717, 1.165) is 38.8 Å².